The van der Waals surface area contributed by atoms with Gasteiger partial charge in [-0.05, 0) is 43.9 Å². The Balaban J connectivity index is 1.75. The van der Waals surface area contributed by atoms with E-state index in [1.165, 1.54) is 19.3 Å². The fraction of sp³-hybridized carbons (Fsp3) is 0.619. The van der Waals surface area contributed by atoms with Crippen molar-refractivity contribution in [3.8, 4) is 11.5 Å². The molecule has 1 aliphatic heterocycles. The third kappa shape index (κ3) is 2.97. The lowest BCUT2D eigenvalue weighted by Crippen LogP contribution is -2.49. The highest BCUT2D eigenvalue weighted by Crippen LogP contribution is 2.40. The molecule has 5 nitrogen and oxygen atoms in total. The molecular formula is C21H28N2O3. The number of methoxy groups -OCH3 is 2. The second-order valence-electron chi connectivity index (χ2n) is 7.67. The number of amides is 1. The largest absolute Gasteiger partial charge is 0.493 e. The molecule has 26 heavy (non-hydrogen) atoms. The van der Waals surface area contributed by atoms with Crippen LogP contribution in [0.5, 0.6) is 11.5 Å². The molecule has 0 unspecified atom stereocenters. The van der Waals surface area contributed by atoms with Crippen molar-refractivity contribution in [2.75, 3.05) is 14.2 Å². The predicted molar refractivity (Wildman–Crippen MR) is 101 cm³/mol. The van der Waals surface area contributed by atoms with Crippen molar-refractivity contribution >= 4 is 11.6 Å². The Bertz CT molecular complexity index is 709. The van der Waals surface area contributed by atoms with E-state index >= 15 is 0 Å². The first kappa shape index (κ1) is 17.4. The van der Waals surface area contributed by atoms with Gasteiger partial charge in [-0.15, -0.1) is 0 Å². The molecule has 0 bridgehead atoms. The summed E-state index contributed by atoms with van der Waals surface area (Å²) in [5.74, 6) is 2.00. The maximum Gasteiger partial charge on any atom is 0.246 e. The number of nitrogens with zero attached hydrogens (tertiary/aromatic N) is 2. The average molecular weight is 356 g/mol. The van der Waals surface area contributed by atoms with Crippen LogP contribution in [0.4, 0.5) is 0 Å². The minimum absolute atomic E-state index is 0.0879. The Morgan fingerprint density at radius 3 is 2.27 bits per heavy atom. The predicted octanol–water partition coefficient (Wildman–Crippen LogP) is 4.00. The minimum Gasteiger partial charge on any atom is -0.493 e. The van der Waals surface area contributed by atoms with Crippen LogP contribution in [0.2, 0.25) is 0 Å². The Morgan fingerprint density at radius 1 is 0.923 bits per heavy atom. The molecule has 0 saturated heterocycles. The molecule has 0 spiro atoms. The van der Waals surface area contributed by atoms with Gasteiger partial charge in [0.25, 0.3) is 0 Å². The van der Waals surface area contributed by atoms with E-state index in [0.717, 1.165) is 49.1 Å². The molecule has 1 amide bonds. The molecule has 140 valence electrons. The third-order valence-corrected chi connectivity index (χ3v) is 6.23. The van der Waals surface area contributed by atoms with E-state index in [4.69, 9.17) is 14.6 Å². The highest BCUT2D eigenvalue weighted by Gasteiger charge is 2.43. The van der Waals surface area contributed by atoms with Crippen molar-refractivity contribution in [3.05, 3.63) is 23.8 Å². The van der Waals surface area contributed by atoms with Crippen LogP contribution in [0, 0.1) is 11.8 Å². The molecular weight excluding hydrogens is 328 g/mol. The molecule has 1 heterocycles. The molecule has 1 aromatic rings. The van der Waals surface area contributed by atoms with Gasteiger partial charge in [-0.3, -0.25) is 4.79 Å². The van der Waals surface area contributed by atoms with Gasteiger partial charge in [-0.25, -0.2) is 5.01 Å². The fourth-order valence-corrected chi connectivity index (χ4v) is 4.84. The molecule has 5 heteroatoms. The van der Waals surface area contributed by atoms with E-state index in [0.29, 0.717) is 5.75 Å². The highest BCUT2D eigenvalue weighted by atomic mass is 16.5. The quantitative estimate of drug-likeness (QED) is 0.819. The van der Waals surface area contributed by atoms with Crippen molar-refractivity contribution in [1.29, 1.82) is 0 Å². The highest BCUT2D eigenvalue weighted by molar-refractivity contribution is 6.07. The summed E-state index contributed by atoms with van der Waals surface area (Å²) in [5, 5.41) is 6.77. The van der Waals surface area contributed by atoms with Crippen molar-refractivity contribution in [1.82, 2.24) is 5.01 Å². The summed E-state index contributed by atoms with van der Waals surface area (Å²) in [6, 6.07) is 6.27. The van der Waals surface area contributed by atoms with Crippen molar-refractivity contribution in [3.63, 3.8) is 0 Å². The standard InChI is InChI=1S/C21H28N2O3/c1-25-18-12-11-14(13-19(18)26-2)20-16-9-5-6-10-17(16)21(24)23(22-20)15-7-3-4-8-15/h11-13,15-17H,3-10H2,1-2H3/t16-,17+/m0/s1. The van der Waals surface area contributed by atoms with Gasteiger partial charge in [-0.1, -0.05) is 25.7 Å². The average Bonchev–Trinajstić information content (AvgIpc) is 3.22. The number of hydrogen-bond acceptors (Lipinski definition) is 4. The molecule has 4 rings (SSSR count). The molecule has 2 aliphatic carbocycles. The summed E-state index contributed by atoms with van der Waals surface area (Å²) in [5.41, 5.74) is 2.11. The molecule has 2 saturated carbocycles. The lowest BCUT2D eigenvalue weighted by atomic mass is 9.73. The van der Waals surface area contributed by atoms with Gasteiger partial charge in [-0.2, -0.15) is 5.10 Å². The van der Waals surface area contributed by atoms with Crippen LogP contribution in [0.15, 0.2) is 23.3 Å². The zero-order chi connectivity index (χ0) is 18.1. The van der Waals surface area contributed by atoms with E-state index in [1.54, 1.807) is 14.2 Å². The zero-order valence-corrected chi connectivity index (χ0v) is 15.7. The second-order valence-corrected chi connectivity index (χ2v) is 7.67. The number of carbonyl (C=O) groups is 1. The first-order valence-electron chi connectivity index (χ1n) is 9.87. The summed E-state index contributed by atoms with van der Waals surface area (Å²) in [6.45, 7) is 0. The number of benzene rings is 1. The Labute approximate surface area is 155 Å². The Morgan fingerprint density at radius 2 is 1.58 bits per heavy atom. The van der Waals surface area contributed by atoms with Gasteiger partial charge in [0.1, 0.15) is 0 Å². The van der Waals surface area contributed by atoms with Crippen LogP contribution < -0.4 is 9.47 Å². The van der Waals surface area contributed by atoms with Gasteiger partial charge in [0.2, 0.25) is 5.91 Å². The molecule has 0 N–H and O–H groups in total. The van der Waals surface area contributed by atoms with E-state index in [1.807, 2.05) is 17.1 Å². The SMILES string of the molecule is COc1ccc(C2=NN(C3CCCC3)C(=O)[C@@H]3CCCC[C@H]23)cc1OC. The summed E-state index contributed by atoms with van der Waals surface area (Å²) < 4.78 is 10.9. The number of rotatable bonds is 4. The zero-order valence-electron chi connectivity index (χ0n) is 15.7. The fourth-order valence-electron chi connectivity index (χ4n) is 4.84. The van der Waals surface area contributed by atoms with Gasteiger partial charge >= 0.3 is 0 Å². The van der Waals surface area contributed by atoms with Crippen LogP contribution in [-0.2, 0) is 4.79 Å². The molecule has 0 aromatic heterocycles. The van der Waals surface area contributed by atoms with Gasteiger partial charge in [0.15, 0.2) is 11.5 Å². The van der Waals surface area contributed by atoms with Crippen LogP contribution in [0.3, 0.4) is 0 Å². The smallest absolute Gasteiger partial charge is 0.246 e. The normalized spacial score (nSPS) is 26.5. The van der Waals surface area contributed by atoms with Crippen molar-refractivity contribution < 1.29 is 14.3 Å². The molecule has 3 aliphatic rings. The number of hydrazone groups is 1. The van der Waals surface area contributed by atoms with Gasteiger partial charge in [0, 0.05) is 17.4 Å². The maximum atomic E-state index is 13.1. The monoisotopic (exact) mass is 356 g/mol. The Hall–Kier alpha value is -2.04. The van der Waals surface area contributed by atoms with Gasteiger partial charge in [0.05, 0.1) is 26.0 Å². The minimum atomic E-state index is 0.0879. The summed E-state index contributed by atoms with van der Waals surface area (Å²) >= 11 is 0. The lowest BCUT2D eigenvalue weighted by molar-refractivity contribution is -0.141. The number of carbonyl (C=O) groups excluding carboxylic acids is 1. The van der Waals surface area contributed by atoms with Crippen molar-refractivity contribution in [2.45, 2.75) is 57.4 Å². The summed E-state index contributed by atoms with van der Waals surface area (Å²) in [6.07, 6.45) is 8.89. The third-order valence-electron chi connectivity index (χ3n) is 6.23. The Kier molecular flexibility index (Phi) is 4.88. The van der Waals surface area contributed by atoms with Crippen LogP contribution in [0.1, 0.15) is 56.9 Å². The molecule has 2 fully saturated rings. The first-order valence-corrected chi connectivity index (χ1v) is 9.87. The second kappa shape index (κ2) is 7.29. The topological polar surface area (TPSA) is 51.1 Å². The van der Waals surface area contributed by atoms with E-state index in [9.17, 15) is 4.79 Å². The number of fused-ring (bicyclic) bond motifs is 1. The summed E-state index contributed by atoms with van der Waals surface area (Å²) in [7, 11) is 3.30. The van der Waals surface area contributed by atoms with E-state index in [2.05, 4.69) is 6.07 Å². The molecule has 1 aromatic carbocycles. The number of ether oxygens (including phenoxy) is 2. The van der Waals surface area contributed by atoms with E-state index < -0.39 is 0 Å². The van der Waals surface area contributed by atoms with Crippen molar-refractivity contribution in [2.24, 2.45) is 16.9 Å². The van der Waals surface area contributed by atoms with Crippen LogP contribution >= 0.6 is 0 Å². The van der Waals surface area contributed by atoms with Crippen LogP contribution in [0.25, 0.3) is 0 Å². The molecule has 0 radical (unpaired) electrons. The lowest BCUT2D eigenvalue weighted by Gasteiger charge is -2.40. The van der Waals surface area contributed by atoms with E-state index in [-0.39, 0.29) is 23.8 Å². The maximum absolute atomic E-state index is 13.1. The first-order chi connectivity index (χ1) is 12.7. The molecule has 2 atom stereocenters. The number of hydrogen-bond donors (Lipinski definition) is 0. The van der Waals surface area contributed by atoms with Gasteiger partial charge < -0.3 is 9.47 Å². The summed E-state index contributed by atoms with van der Waals surface area (Å²) in [4.78, 5) is 13.1. The van der Waals surface area contributed by atoms with Crippen LogP contribution in [-0.4, -0.2) is 36.9 Å².